The van der Waals surface area contributed by atoms with Gasteiger partial charge in [0.05, 0.1) is 19.2 Å². The lowest BCUT2D eigenvalue weighted by Crippen LogP contribution is -2.47. The molecule has 1 aliphatic heterocycles. The number of aliphatic imine (C=N–C) groups is 1. The number of nitrogens with zero attached hydrogens (tertiary/aromatic N) is 4. The standard InChI is InChI=1S/C22H32N6O/c1-3-20-26-21-13-12-17(15-28(21)27-20)25-22(23-4-2)24-14-16-8-5-6-11-19(16)29-18-9-7-10-18/h5-6,8,11,17-18H,3-4,7,9-10,12-15H2,1-2H3,(H2,23,24,25). The molecule has 0 amide bonds. The maximum atomic E-state index is 6.15. The van der Waals surface area contributed by atoms with Crippen molar-refractivity contribution < 1.29 is 4.74 Å². The number of para-hydroxylation sites is 1. The lowest BCUT2D eigenvalue weighted by atomic mass is 9.96. The molecule has 7 heteroatoms. The van der Waals surface area contributed by atoms with Gasteiger partial charge in [-0.1, -0.05) is 25.1 Å². The van der Waals surface area contributed by atoms with Crippen LogP contribution in [0.15, 0.2) is 29.3 Å². The van der Waals surface area contributed by atoms with Gasteiger partial charge in [0.1, 0.15) is 11.6 Å². The van der Waals surface area contributed by atoms with Gasteiger partial charge in [-0.15, -0.1) is 0 Å². The Morgan fingerprint density at radius 1 is 1.24 bits per heavy atom. The van der Waals surface area contributed by atoms with Crippen LogP contribution in [0, 0.1) is 0 Å². The van der Waals surface area contributed by atoms with Gasteiger partial charge in [0, 0.05) is 31.0 Å². The molecule has 1 fully saturated rings. The topological polar surface area (TPSA) is 76.4 Å². The monoisotopic (exact) mass is 396 g/mol. The molecule has 2 aliphatic rings. The molecule has 2 aromatic rings. The Bertz CT molecular complexity index is 842. The van der Waals surface area contributed by atoms with Gasteiger partial charge in [0.15, 0.2) is 11.8 Å². The van der Waals surface area contributed by atoms with E-state index in [4.69, 9.17) is 9.73 Å². The normalized spacial score (nSPS) is 19.4. The smallest absolute Gasteiger partial charge is 0.191 e. The maximum Gasteiger partial charge on any atom is 0.191 e. The summed E-state index contributed by atoms with van der Waals surface area (Å²) in [6, 6.07) is 8.55. The van der Waals surface area contributed by atoms with Crippen LogP contribution in [-0.4, -0.2) is 39.4 Å². The van der Waals surface area contributed by atoms with Gasteiger partial charge in [0.25, 0.3) is 0 Å². The van der Waals surface area contributed by atoms with E-state index in [2.05, 4.69) is 52.8 Å². The fourth-order valence-electron chi connectivity index (χ4n) is 3.72. The van der Waals surface area contributed by atoms with Crippen molar-refractivity contribution in [2.24, 2.45) is 4.99 Å². The van der Waals surface area contributed by atoms with Crippen LogP contribution in [0.4, 0.5) is 0 Å². The van der Waals surface area contributed by atoms with E-state index in [-0.39, 0.29) is 0 Å². The van der Waals surface area contributed by atoms with Crippen LogP contribution in [0.3, 0.4) is 0 Å². The molecule has 0 radical (unpaired) electrons. The highest BCUT2D eigenvalue weighted by atomic mass is 16.5. The third-order valence-corrected chi connectivity index (χ3v) is 5.63. The van der Waals surface area contributed by atoms with E-state index in [1.807, 2.05) is 10.7 Å². The maximum absolute atomic E-state index is 6.15. The van der Waals surface area contributed by atoms with Crippen molar-refractivity contribution in [1.82, 2.24) is 25.4 Å². The first kappa shape index (κ1) is 19.7. The molecule has 1 aromatic carbocycles. The summed E-state index contributed by atoms with van der Waals surface area (Å²) in [5.41, 5.74) is 1.13. The van der Waals surface area contributed by atoms with Crippen LogP contribution in [0.2, 0.25) is 0 Å². The summed E-state index contributed by atoms with van der Waals surface area (Å²) < 4.78 is 8.19. The summed E-state index contributed by atoms with van der Waals surface area (Å²) >= 11 is 0. The summed E-state index contributed by atoms with van der Waals surface area (Å²) in [6.07, 6.45) is 6.83. The number of fused-ring (bicyclic) bond motifs is 1. The van der Waals surface area contributed by atoms with Crippen molar-refractivity contribution in [1.29, 1.82) is 0 Å². The van der Waals surface area contributed by atoms with Crippen molar-refractivity contribution in [2.45, 2.75) is 77.6 Å². The van der Waals surface area contributed by atoms with Crippen LogP contribution >= 0.6 is 0 Å². The Kier molecular flexibility index (Phi) is 6.32. The quantitative estimate of drug-likeness (QED) is 0.556. The number of benzene rings is 1. The second-order valence-corrected chi connectivity index (χ2v) is 7.83. The largest absolute Gasteiger partial charge is 0.490 e. The molecule has 2 heterocycles. The first-order valence-corrected chi connectivity index (χ1v) is 11.0. The molecule has 156 valence electrons. The highest BCUT2D eigenvalue weighted by Gasteiger charge is 2.22. The van der Waals surface area contributed by atoms with Gasteiger partial charge in [-0.05, 0) is 38.7 Å². The van der Waals surface area contributed by atoms with Gasteiger partial charge < -0.3 is 15.4 Å². The Labute approximate surface area is 173 Å². The van der Waals surface area contributed by atoms with E-state index < -0.39 is 0 Å². The summed E-state index contributed by atoms with van der Waals surface area (Å²) in [6.45, 7) is 6.44. The van der Waals surface area contributed by atoms with E-state index in [1.165, 1.54) is 6.42 Å². The predicted molar refractivity (Wildman–Crippen MR) is 114 cm³/mol. The van der Waals surface area contributed by atoms with E-state index in [0.717, 1.165) is 74.1 Å². The van der Waals surface area contributed by atoms with Crippen LogP contribution in [0.25, 0.3) is 0 Å². The van der Waals surface area contributed by atoms with E-state index in [9.17, 15) is 0 Å². The number of hydrogen-bond donors (Lipinski definition) is 2. The third kappa shape index (κ3) is 4.89. The first-order valence-electron chi connectivity index (χ1n) is 11.0. The van der Waals surface area contributed by atoms with Crippen molar-refractivity contribution in [3.05, 3.63) is 41.5 Å². The molecule has 1 saturated carbocycles. The molecule has 1 aliphatic carbocycles. The summed E-state index contributed by atoms with van der Waals surface area (Å²) in [5, 5.41) is 11.6. The number of rotatable bonds is 7. The number of aryl methyl sites for hydroxylation is 2. The van der Waals surface area contributed by atoms with Crippen LogP contribution in [-0.2, 0) is 25.9 Å². The molecule has 0 bridgehead atoms. The van der Waals surface area contributed by atoms with Crippen molar-refractivity contribution in [2.75, 3.05) is 6.54 Å². The van der Waals surface area contributed by atoms with Crippen LogP contribution in [0.1, 0.15) is 56.7 Å². The number of nitrogens with one attached hydrogen (secondary N) is 2. The predicted octanol–water partition coefficient (Wildman–Crippen LogP) is 2.84. The van der Waals surface area contributed by atoms with Crippen molar-refractivity contribution in [3.8, 4) is 5.75 Å². The number of hydrogen-bond acceptors (Lipinski definition) is 4. The van der Waals surface area contributed by atoms with E-state index in [0.29, 0.717) is 18.7 Å². The molecule has 1 unspecified atom stereocenters. The van der Waals surface area contributed by atoms with Gasteiger partial charge in [-0.2, -0.15) is 5.10 Å². The molecule has 29 heavy (non-hydrogen) atoms. The lowest BCUT2D eigenvalue weighted by molar-refractivity contribution is 0.119. The third-order valence-electron chi connectivity index (χ3n) is 5.63. The van der Waals surface area contributed by atoms with E-state index in [1.54, 1.807) is 0 Å². The summed E-state index contributed by atoms with van der Waals surface area (Å²) in [5.74, 6) is 3.84. The summed E-state index contributed by atoms with van der Waals surface area (Å²) in [4.78, 5) is 9.44. The second-order valence-electron chi connectivity index (χ2n) is 7.83. The zero-order valence-electron chi connectivity index (χ0n) is 17.5. The zero-order valence-corrected chi connectivity index (χ0v) is 17.5. The SMILES string of the molecule is CCNC(=NCc1ccccc1OC1CCC1)NC1CCc2nc(CC)nn2C1. The van der Waals surface area contributed by atoms with Crippen LogP contribution in [0.5, 0.6) is 5.75 Å². The van der Waals surface area contributed by atoms with Gasteiger partial charge in [-0.25, -0.2) is 14.7 Å². The summed E-state index contributed by atoms with van der Waals surface area (Å²) in [7, 11) is 0. The highest BCUT2D eigenvalue weighted by Crippen LogP contribution is 2.27. The van der Waals surface area contributed by atoms with Crippen molar-refractivity contribution in [3.63, 3.8) is 0 Å². The molecule has 0 saturated heterocycles. The average Bonchev–Trinajstić information content (AvgIpc) is 3.12. The fraction of sp³-hybridized carbons (Fsp3) is 0.591. The van der Waals surface area contributed by atoms with Crippen LogP contribution < -0.4 is 15.4 Å². The minimum atomic E-state index is 0.299. The lowest BCUT2D eigenvalue weighted by Gasteiger charge is -2.27. The molecule has 2 N–H and O–H groups in total. The van der Waals surface area contributed by atoms with Gasteiger partial charge in [0.2, 0.25) is 0 Å². The Hall–Kier alpha value is -2.57. The molecule has 1 aromatic heterocycles. The molecular weight excluding hydrogens is 364 g/mol. The molecule has 0 spiro atoms. The molecule has 4 rings (SSSR count). The van der Waals surface area contributed by atoms with Gasteiger partial charge >= 0.3 is 0 Å². The molecular formula is C22H32N6O. The highest BCUT2D eigenvalue weighted by molar-refractivity contribution is 5.80. The number of ether oxygens (including phenoxy) is 1. The number of guanidine groups is 1. The van der Waals surface area contributed by atoms with E-state index >= 15 is 0 Å². The average molecular weight is 397 g/mol. The van der Waals surface area contributed by atoms with Crippen molar-refractivity contribution >= 4 is 5.96 Å². The van der Waals surface area contributed by atoms with Gasteiger partial charge in [-0.3, -0.25) is 0 Å². The minimum absolute atomic E-state index is 0.299. The Balaban J connectivity index is 1.40. The molecule has 1 atom stereocenters. The zero-order chi connectivity index (χ0) is 20.1. The molecule has 7 nitrogen and oxygen atoms in total. The second kappa shape index (κ2) is 9.29. The Morgan fingerprint density at radius 2 is 2.10 bits per heavy atom. The minimum Gasteiger partial charge on any atom is -0.490 e. The Morgan fingerprint density at radius 3 is 2.86 bits per heavy atom. The number of aromatic nitrogens is 3. The first-order chi connectivity index (χ1) is 14.2. The fourth-order valence-corrected chi connectivity index (χ4v) is 3.72.